The Morgan fingerprint density at radius 2 is 2.00 bits per heavy atom. The van der Waals surface area contributed by atoms with Crippen LogP contribution in [-0.4, -0.2) is 14.7 Å². The fraction of sp³-hybridized carbons (Fsp3) is 0.375. The summed E-state index contributed by atoms with van der Waals surface area (Å²) in [6, 6.07) is 3.31. The van der Waals surface area contributed by atoms with Gasteiger partial charge in [0.25, 0.3) is 0 Å². The standard InChI is InChI=1S/C16H17Cl3N2OS/c1-2-3-4-15(22)23-14(9-21-6-5-20-10-21)16-12(18)7-11(17)8-13(16)19/h5-8,10,14H,2-4,9H2,1H3. The molecule has 0 fully saturated rings. The van der Waals surface area contributed by atoms with Crippen LogP contribution in [-0.2, 0) is 11.3 Å². The summed E-state index contributed by atoms with van der Waals surface area (Å²) in [6.45, 7) is 2.62. The molecule has 0 aliphatic rings. The quantitative estimate of drug-likeness (QED) is 0.577. The van der Waals surface area contributed by atoms with Gasteiger partial charge in [-0.2, -0.15) is 0 Å². The number of halogens is 3. The first kappa shape index (κ1) is 18.7. The molecule has 0 aliphatic carbocycles. The van der Waals surface area contributed by atoms with Crippen LogP contribution in [0, 0.1) is 0 Å². The first-order valence-electron chi connectivity index (χ1n) is 7.31. The Labute approximate surface area is 155 Å². The van der Waals surface area contributed by atoms with Crippen LogP contribution < -0.4 is 0 Å². The highest BCUT2D eigenvalue weighted by molar-refractivity contribution is 8.13. The van der Waals surface area contributed by atoms with E-state index in [2.05, 4.69) is 11.9 Å². The maximum atomic E-state index is 12.2. The molecule has 124 valence electrons. The van der Waals surface area contributed by atoms with Crippen molar-refractivity contribution < 1.29 is 4.79 Å². The normalized spacial score (nSPS) is 12.3. The number of carbonyl (C=O) groups is 1. The van der Waals surface area contributed by atoms with Crippen LogP contribution in [0.15, 0.2) is 30.9 Å². The van der Waals surface area contributed by atoms with Crippen molar-refractivity contribution in [1.29, 1.82) is 0 Å². The Bertz CT molecular complexity index is 638. The van der Waals surface area contributed by atoms with Crippen molar-refractivity contribution in [2.75, 3.05) is 0 Å². The van der Waals surface area contributed by atoms with Gasteiger partial charge in [0.05, 0.1) is 11.6 Å². The molecule has 1 atom stereocenters. The smallest absolute Gasteiger partial charge is 0.189 e. The van der Waals surface area contributed by atoms with Crippen LogP contribution in [0.5, 0.6) is 0 Å². The summed E-state index contributed by atoms with van der Waals surface area (Å²) >= 11 is 19.9. The molecule has 1 heterocycles. The number of hydrogen-bond acceptors (Lipinski definition) is 3. The van der Waals surface area contributed by atoms with Gasteiger partial charge in [-0.1, -0.05) is 59.9 Å². The second-order valence-corrected chi connectivity index (χ2v) is 7.64. The monoisotopic (exact) mass is 390 g/mol. The van der Waals surface area contributed by atoms with Crippen molar-refractivity contribution >= 4 is 51.7 Å². The van der Waals surface area contributed by atoms with Gasteiger partial charge in [-0.25, -0.2) is 4.98 Å². The maximum Gasteiger partial charge on any atom is 0.189 e. The van der Waals surface area contributed by atoms with E-state index in [1.165, 1.54) is 11.8 Å². The number of rotatable bonds is 7. The van der Waals surface area contributed by atoms with Crippen molar-refractivity contribution in [3.05, 3.63) is 51.5 Å². The molecule has 0 saturated heterocycles. The van der Waals surface area contributed by atoms with E-state index < -0.39 is 0 Å². The molecular weight excluding hydrogens is 375 g/mol. The van der Waals surface area contributed by atoms with Gasteiger partial charge in [0.15, 0.2) is 5.12 Å². The molecular formula is C16H17Cl3N2OS. The summed E-state index contributed by atoms with van der Waals surface area (Å²) < 4.78 is 1.91. The van der Waals surface area contributed by atoms with Crippen LogP contribution in [0.25, 0.3) is 0 Å². The summed E-state index contributed by atoms with van der Waals surface area (Å²) in [4.78, 5) is 16.3. The molecule has 1 aromatic heterocycles. The van der Waals surface area contributed by atoms with E-state index in [9.17, 15) is 4.79 Å². The molecule has 0 spiro atoms. The molecule has 2 rings (SSSR count). The highest BCUT2D eigenvalue weighted by Gasteiger charge is 2.23. The van der Waals surface area contributed by atoms with Gasteiger partial charge >= 0.3 is 0 Å². The molecule has 0 bridgehead atoms. The van der Waals surface area contributed by atoms with Gasteiger partial charge in [0, 0.05) is 46.0 Å². The van der Waals surface area contributed by atoms with E-state index >= 15 is 0 Å². The van der Waals surface area contributed by atoms with Crippen LogP contribution in [0.4, 0.5) is 0 Å². The molecule has 0 saturated carbocycles. The van der Waals surface area contributed by atoms with Crippen LogP contribution >= 0.6 is 46.6 Å². The number of aromatic nitrogens is 2. The topological polar surface area (TPSA) is 34.9 Å². The molecule has 3 nitrogen and oxygen atoms in total. The van der Waals surface area contributed by atoms with Crippen molar-refractivity contribution in [1.82, 2.24) is 9.55 Å². The third-order valence-corrected chi connectivity index (χ3v) is 5.29. The lowest BCUT2D eigenvalue weighted by molar-refractivity contribution is -0.111. The summed E-state index contributed by atoms with van der Waals surface area (Å²) in [5, 5.41) is 1.38. The first-order valence-corrected chi connectivity index (χ1v) is 9.32. The summed E-state index contributed by atoms with van der Waals surface area (Å²) in [7, 11) is 0. The minimum absolute atomic E-state index is 0.138. The van der Waals surface area contributed by atoms with Gasteiger partial charge in [-0.15, -0.1) is 0 Å². The maximum absolute atomic E-state index is 12.2. The molecule has 23 heavy (non-hydrogen) atoms. The lowest BCUT2D eigenvalue weighted by Gasteiger charge is -2.19. The Morgan fingerprint density at radius 1 is 1.30 bits per heavy atom. The minimum atomic E-state index is -0.189. The summed E-state index contributed by atoms with van der Waals surface area (Å²) in [5.41, 5.74) is 0.737. The van der Waals surface area contributed by atoms with E-state index in [4.69, 9.17) is 34.8 Å². The van der Waals surface area contributed by atoms with Gasteiger partial charge in [-0.3, -0.25) is 4.79 Å². The zero-order chi connectivity index (χ0) is 16.8. The zero-order valence-corrected chi connectivity index (χ0v) is 15.7. The van der Waals surface area contributed by atoms with Crippen LogP contribution in [0.3, 0.4) is 0 Å². The highest BCUT2D eigenvalue weighted by atomic mass is 35.5. The fourth-order valence-corrected chi connectivity index (χ4v) is 4.58. The van der Waals surface area contributed by atoms with Crippen molar-refractivity contribution in [3.8, 4) is 0 Å². The summed E-state index contributed by atoms with van der Waals surface area (Å²) in [5.74, 6) is 0. The van der Waals surface area contributed by atoms with E-state index in [-0.39, 0.29) is 10.4 Å². The molecule has 0 aliphatic heterocycles. The van der Waals surface area contributed by atoms with E-state index in [0.717, 1.165) is 18.4 Å². The van der Waals surface area contributed by atoms with Crippen LogP contribution in [0.1, 0.15) is 37.0 Å². The van der Waals surface area contributed by atoms with Crippen molar-refractivity contribution in [2.24, 2.45) is 0 Å². The van der Waals surface area contributed by atoms with E-state index in [0.29, 0.717) is 28.0 Å². The lowest BCUT2D eigenvalue weighted by Crippen LogP contribution is -2.09. The summed E-state index contributed by atoms with van der Waals surface area (Å²) in [6.07, 6.45) is 7.67. The number of hydrogen-bond donors (Lipinski definition) is 0. The number of benzene rings is 1. The molecule has 1 aromatic carbocycles. The zero-order valence-electron chi connectivity index (χ0n) is 12.6. The predicted molar refractivity (Wildman–Crippen MR) is 98.6 cm³/mol. The van der Waals surface area contributed by atoms with Gasteiger partial charge in [0.1, 0.15) is 0 Å². The largest absolute Gasteiger partial charge is 0.336 e. The number of thioether (sulfide) groups is 1. The number of nitrogens with zero attached hydrogens (tertiary/aromatic N) is 2. The Hall–Kier alpha value is -0.680. The fourth-order valence-electron chi connectivity index (χ4n) is 2.17. The number of imidazole rings is 1. The molecule has 1 unspecified atom stereocenters. The van der Waals surface area contributed by atoms with Crippen LogP contribution in [0.2, 0.25) is 15.1 Å². The Kier molecular flexibility index (Phi) is 7.28. The molecule has 2 aromatic rings. The Balaban J connectivity index is 2.27. The van der Waals surface area contributed by atoms with E-state index in [1.54, 1.807) is 24.7 Å². The van der Waals surface area contributed by atoms with Crippen molar-refractivity contribution in [2.45, 2.75) is 38.0 Å². The second kappa shape index (κ2) is 8.97. The van der Waals surface area contributed by atoms with E-state index in [1.807, 2.05) is 10.8 Å². The second-order valence-electron chi connectivity index (χ2n) is 5.12. The van der Waals surface area contributed by atoms with Gasteiger partial charge in [-0.05, 0) is 18.6 Å². The Morgan fingerprint density at radius 3 is 2.57 bits per heavy atom. The SMILES string of the molecule is CCCCC(=O)SC(Cn1ccnc1)c1c(Cl)cc(Cl)cc1Cl. The number of unbranched alkanes of at least 4 members (excludes halogenated alkanes) is 1. The number of carbonyl (C=O) groups excluding carboxylic acids is 1. The minimum Gasteiger partial charge on any atom is -0.336 e. The predicted octanol–water partition coefficient (Wildman–Crippen LogP) is 6.03. The molecule has 0 amide bonds. The first-order chi connectivity index (χ1) is 11.0. The lowest BCUT2D eigenvalue weighted by atomic mass is 10.1. The third-order valence-electron chi connectivity index (χ3n) is 3.31. The van der Waals surface area contributed by atoms with Crippen molar-refractivity contribution in [3.63, 3.8) is 0 Å². The average Bonchev–Trinajstić information content (AvgIpc) is 2.96. The average molecular weight is 392 g/mol. The molecule has 0 N–H and O–H groups in total. The molecule has 0 radical (unpaired) electrons. The molecule has 7 heteroatoms. The highest BCUT2D eigenvalue weighted by Crippen LogP contribution is 2.41. The third kappa shape index (κ3) is 5.42. The van der Waals surface area contributed by atoms with Gasteiger partial charge in [0.2, 0.25) is 0 Å². The van der Waals surface area contributed by atoms with Gasteiger partial charge < -0.3 is 4.57 Å².